The summed E-state index contributed by atoms with van der Waals surface area (Å²) in [6.45, 7) is 7.53. The van der Waals surface area contributed by atoms with Gasteiger partial charge in [-0.25, -0.2) is 0 Å². The van der Waals surface area contributed by atoms with Gasteiger partial charge in [-0.2, -0.15) is 0 Å². The van der Waals surface area contributed by atoms with Crippen LogP contribution in [0.2, 0.25) is 0 Å². The minimum absolute atomic E-state index is 0.0330. The SMILES string of the molecule is [B]C(=O)OCc1ccc(NC(=O)CNC(=O)C(NC(=O)CC(C)OCC)C(C)C)cc1. The Morgan fingerprint density at radius 3 is 2.23 bits per heavy atom. The molecule has 10 heteroatoms. The minimum atomic E-state index is -0.868. The predicted octanol–water partition coefficient (Wildman–Crippen LogP) is 1.50. The molecule has 31 heavy (non-hydrogen) atoms. The number of nitrogens with one attached hydrogen (secondary N) is 3. The Kier molecular flexibility index (Phi) is 11.3. The van der Waals surface area contributed by atoms with E-state index in [0.29, 0.717) is 17.9 Å². The van der Waals surface area contributed by atoms with Crippen molar-refractivity contribution in [3.8, 4) is 0 Å². The second-order valence-electron chi connectivity index (χ2n) is 7.33. The van der Waals surface area contributed by atoms with Crippen LogP contribution in [0.1, 0.15) is 39.7 Å². The van der Waals surface area contributed by atoms with E-state index in [0.717, 1.165) is 0 Å². The van der Waals surface area contributed by atoms with Crippen molar-refractivity contribution >= 4 is 37.1 Å². The van der Waals surface area contributed by atoms with E-state index in [2.05, 4.69) is 20.7 Å². The predicted molar refractivity (Wildman–Crippen MR) is 116 cm³/mol. The molecule has 0 aromatic heterocycles. The molecule has 0 saturated heterocycles. The van der Waals surface area contributed by atoms with Gasteiger partial charge in [0.05, 0.1) is 19.1 Å². The summed E-state index contributed by atoms with van der Waals surface area (Å²) in [4.78, 5) is 47.4. The molecular weight excluding hydrogens is 401 g/mol. The van der Waals surface area contributed by atoms with Crippen molar-refractivity contribution in [3.63, 3.8) is 0 Å². The first-order valence-electron chi connectivity index (χ1n) is 10.1. The van der Waals surface area contributed by atoms with E-state index < -0.39 is 23.7 Å². The number of carbonyl (C=O) groups excluding carboxylic acids is 4. The summed E-state index contributed by atoms with van der Waals surface area (Å²) in [5.41, 5.74) is 1.22. The van der Waals surface area contributed by atoms with Crippen LogP contribution in [0, 0.1) is 5.92 Å². The molecule has 2 unspecified atom stereocenters. The van der Waals surface area contributed by atoms with Crippen LogP contribution in [0.25, 0.3) is 0 Å². The van der Waals surface area contributed by atoms with Gasteiger partial charge < -0.3 is 25.4 Å². The van der Waals surface area contributed by atoms with Crippen molar-refractivity contribution in [1.82, 2.24) is 10.6 Å². The van der Waals surface area contributed by atoms with Gasteiger partial charge in [-0.15, -0.1) is 0 Å². The maximum Gasteiger partial charge on any atom is 0.243 e. The molecule has 0 saturated carbocycles. The zero-order valence-corrected chi connectivity index (χ0v) is 18.4. The monoisotopic (exact) mass is 431 g/mol. The highest BCUT2D eigenvalue weighted by molar-refractivity contribution is 6.55. The highest BCUT2D eigenvalue weighted by Gasteiger charge is 2.25. The van der Waals surface area contributed by atoms with Gasteiger partial charge in [0.15, 0.2) is 0 Å². The molecule has 1 aromatic rings. The molecule has 1 rings (SSSR count). The average molecular weight is 431 g/mol. The molecule has 0 heterocycles. The minimum Gasteiger partial charge on any atom is -0.470 e. The van der Waals surface area contributed by atoms with Crippen molar-refractivity contribution in [3.05, 3.63) is 29.8 Å². The molecule has 0 fully saturated rings. The Bertz CT molecular complexity index is 754. The van der Waals surface area contributed by atoms with Gasteiger partial charge >= 0.3 is 0 Å². The third-order valence-electron chi connectivity index (χ3n) is 4.23. The maximum absolute atomic E-state index is 12.5. The van der Waals surface area contributed by atoms with E-state index in [-0.39, 0.29) is 37.5 Å². The molecule has 2 atom stereocenters. The lowest BCUT2D eigenvalue weighted by Gasteiger charge is -2.22. The molecule has 3 N–H and O–H groups in total. The molecule has 3 amide bonds. The van der Waals surface area contributed by atoms with Crippen molar-refractivity contribution in [2.45, 2.75) is 52.9 Å². The van der Waals surface area contributed by atoms with Crippen LogP contribution >= 0.6 is 0 Å². The summed E-state index contributed by atoms with van der Waals surface area (Å²) in [7, 11) is 4.91. The molecule has 0 aliphatic heterocycles. The second-order valence-corrected chi connectivity index (χ2v) is 7.33. The fraction of sp³-hybridized carbons (Fsp3) is 0.524. The molecular formula is C21H30BN3O6. The van der Waals surface area contributed by atoms with Gasteiger partial charge in [0, 0.05) is 12.3 Å². The number of anilines is 1. The van der Waals surface area contributed by atoms with E-state index in [1.54, 1.807) is 45.0 Å². The third kappa shape index (κ3) is 10.6. The van der Waals surface area contributed by atoms with E-state index in [1.165, 1.54) is 0 Å². The molecule has 0 aliphatic carbocycles. The van der Waals surface area contributed by atoms with Crippen molar-refractivity contribution < 1.29 is 28.7 Å². The maximum atomic E-state index is 12.5. The number of benzene rings is 1. The first-order chi connectivity index (χ1) is 14.6. The Morgan fingerprint density at radius 1 is 1.03 bits per heavy atom. The quantitative estimate of drug-likeness (QED) is 0.431. The third-order valence-corrected chi connectivity index (χ3v) is 4.23. The molecule has 168 valence electrons. The molecule has 2 radical (unpaired) electrons. The summed E-state index contributed by atoms with van der Waals surface area (Å²) in [5, 5.41) is 7.89. The van der Waals surface area contributed by atoms with Crippen LogP contribution in [0.3, 0.4) is 0 Å². The van der Waals surface area contributed by atoms with Gasteiger partial charge in [0.1, 0.15) is 12.6 Å². The molecule has 0 bridgehead atoms. The largest absolute Gasteiger partial charge is 0.470 e. The van der Waals surface area contributed by atoms with E-state index in [4.69, 9.17) is 12.6 Å². The van der Waals surface area contributed by atoms with Crippen LogP contribution in [0.4, 0.5) is 10.5 Å². The lowest BCUT2D eigenvalue weighted by Crippen LogP contribution is -2.51. The normalized spacial score (nSPS) is 12.5. The zero-order valence-electron chi connectivity index (χ0n) is 18.4. The summed E-state index contributed by atoms with van der Waals surface area (Å²) >= 11 is 0. The standard InChI is InChI=1S/C21H30BN3O6/c1-5-30-14(4)10-17(26)25-19(13(2)3)20(28)23-11-18(27)24-16-8-6-15(7-9-16)12-31-21(22)29/h6-9,13-14,19H,5,10-12H2,1-4H3,(H,23,28)(H,24,27)(H,25,26). The average Bonchev–Trinajstić information content (AvgIpc) is 2.69. The number of carbonyl (C=O) groups is 4. The Hall–Kier alpha value is -2.88. The zero-order chi connectivity index (χ0) is 23.4. The van der Waals surface area contributed by atoms with Crippen LogP contribution < -0.4 is 16.0 Å². The number of amides is 3. The van der Waals surface area contributed by atoms with Crippen molar-refractivity contribution in [1.29, 1.82) is 0 Å². The van der Waals surface area contributed by atoms with Crippen LogP contribution in [0.5, 0.6) is 0 Å². The molecule has 0 aliphatic rings. The fourth-order valence-corrected chi connectivity index (χ4v) is 2.69. The van der Waals surface area contributed by atoms with Gasteiger partial charge in [0.25, 0.3) is 0 Å². The van der Waals surface area contributed by atoms with Crippen LogP contribution in [-0.2, 0) is 30.5 Å². The van der Waals surface area contributed by atoms with Gasteiger partial charge in [0.2, 0.25) is 31.4 Å². The highest BCUT2D eigenvalue weighted by Crippen LogP contribution is 2.10. The highest BCUT2D eigenvalue weighted by atomic mass is 16.5. The number of hydrogen-bond acceptors (Lipinski definition) is 6. The summed E-state index contributed by atoms with van der Waals surface area (Å²) in [5.74, 6) is -2.19. The first-order valence-corrected chi connectivity index (χ1v) is 10.1. The first kappa shape index (κ1) is 26.2. The van der Waals surface area contributed by atoms with Gasteiger partial charge in [-0.3, -0.25) is 19.2 Å². The summed E-state index contributed by atoms with van der Waals surface area (Å²) in [6, 6.07) is 5.85. The molecule has 0 spiro atoms. The number of ether oxygens (including phenoxy) is 2. The number of rotatable bonds is 12. The lowest BCUT2D eigenvalue weighted by molar-refractivity contribution is -0.131. The van der Waals surface area contributed by atoms with E-state index >= 15 is 0 Å². The lowest BCUT2D eigenvalue weighted by atomic mass is 10.0. The van der Waals surface area contributed by atoms with E-state index in [1.807, 2.05) is 6.92 Å². The number of hydrogen-bond donors (Lipinski definition) is 3. The Morgan fingerprint density at radius 2 is 1.68 bits per heavy atom. The van der Waals surface area contributed by atoms with Gasteiger partial charge in [-0.05, 0) is 37.5 Å². The summed E-state index contributed by atoms with van der Waals surface area (Å²) < 4.78 is 10.0. The van der Waals surface area contributed by atoms with E-state index in [9.17, 15) is 19.2 Å². The van der Waals surface area contributed by atoms with Crippen LogP contribution in [-0.4, -0.2) is 56.7 Å². The topological polar surface area (TPSA) is 123 Å². The Balaban J connectivity index is 2.51. The van der Waals surface area contributed by atoms with Crippen molar-refractivity contribution in [2.75, 3.05) is 18.5 Å². The van der Waals surface area contributed by atoms with Crippen LogP contribution in [0.15, 0.2) is 24.3 Å². The molecule has 9 nitrogen and oxygen atoms in total. The van der Waals surface area contributed by atoms with Gasteiger partial charge in [-0.1, -0.05) is 26.0 Å². The fourth-order valence-electron chi connectivity index (χ4n) is 2.69. The smallest absolute Gasteiger partial charge is 0.243 e. The molecule has 1 aromatic carbocycles. The van der Waals surface area contributed by atoms with Crippen molar-refractivity contribution in [2.24, 2.45) is 5.92 Å². The Labute approximate surface area is 184 Å². The summed E-state index contributed by atoms with van der Waals surface area (Å²) in [6.07, 6.45) is -0.105. The second kappa shape index (κ2) is 13.4.